The van der Waals surface area contributed by atoms with Crippen molar-refractivity contribution in [2.75, 3.05) is 6.61 Å². The minimum absolute atomic E-state index is 0.409. The van der Waals surface area contributed by atoms with Gasteiger partial charge >= 0.3 is 73.8 Å². The molecule has 10 heavy (non-hydrogen) atoms. The van der Waals surface area contributed by atoms with Gasteiger partial charge in [0, 0.05) is 0 Å². The van der Waals surface area contributed by atoms with Crippen LogP contribution in [-0.2, 0) is 4.74 Å². The van der Waals surface area contributed by atoms with Crippen molar-refractivity contribution in [3.8, 4) is 0 Å². The summed E-state index contributed by atoms with van der Waals surface area (Å²) in [5.41, 5.74) is 0. The third-order valence-corrected chi connectivity index (χ3v) is 5.47. The van der Waals surface area contributed by atoms with E-state index in [4.69, 9.17) is 4.74 Å². The van der Waals surface area contributed by atoms with Crippen molar-refractivity contribution in [2.24, 2.45) is 0 Å². The van der Waals surface area contributed by atoms with Crippen LogP contribution in [0.5, 0.6) is 0 Å². The molecule has 0 bridgehead atoms. The average Bonchev–Trinajstić information content (AvgIpc) is 1.89. The van der Waals surface area contributed by atoms with Crippen LogP contribution in [0.15, 0.2) is 0 Å². The van der Waals surface area contributed by atoms with Gasteiger partial charge in [0.05, 0.1) is 0 Å². The van der Waals surface area contributed by atoms with Gasteiger partial charge in [-0.05, 0) is 0 Å². The molecule has 0 aromatic carbocycles. The van der Waals surface area contributed by atoms with Crippen molar-refractivity contribution in [3.05, 3.63) is 0 Å². The molecule has 1 nitrogen and oxygen atoms in total. The molecule has 0 aliphatic rings. The van der Waals surface area contributed by atoms with E-state index in [0.29, 0.717) is 0 Å². The van der Waals surface area contributed by atoms with Gasteiger partial charge in [0.25, 0.3) is 0 Å². The summed E-state index contributed by atoms with van der Waals surface area (Å²) in [5.74, 6) is 0. The standard InChI is InChI=1S/C4H8O.C4H9.Sn.H/c1-3-5-4-2;1-3-4-2;;/h3H2,1-2H3;1,3-4H2,2H3;;. The van der Waals surface area contributed by atoms with E-state index >= 15 is 0 Å². The van der Waals surface area contributed by atoms with Gasteiger partial charge in [-0.3, -0.25) is 0 Å². The molecule has 0 atom stereocenters. The van der Waals surface area contributed by atoms with Crippen LogP contribution in [0.3, 0.4) is 0 Å². The van der Waals surface area contributed by atoms with Crippen molar-refractivity contribution in [3.63, 3.8) is 0 Å². The maximum absolute atomic E-state index is 5.39. The van der Waals surface area contributed by atoms with Gasteiger partial charge in [0.2, 0.25) is 0 Å². The van der Waals surface area contributed by atoms with Crippen LogP contribution in [-0.4, -0.2) is 31.0 Å². The van der Waals surface area contributed by atoms with Crippen molar-refractivity contribution in [2.45, 2.75) is 38.0 Å². The van der Waals surface area contributed by atoms with E-state index < -0.39 is 20.7 Å². The first-order chi connectivity index (χ1) is 4.81. The van der Waals surface area contributed by atoms with E-state index in [9.17, 15) is 0 Å². The number of hydrogen-bond donors (Lipinski definition) is 0. The van der Waals surface area contributed by atoms with Crippen LogP contribution in [0.25, 0.3) is 0 Å². The van der Waals surface area contributed by atoms with Crippen LogP contribution >= 0.6 is 0 Å². The van der Waals surface area contributed by atoms with Gasteiger partial charge in [-0.2, -0.15) is 0 Å². The normalized spacial score (nSPS) is 12.1. The fraction of sp³-hybridized carbons (Fsp3) is 0.875. The van der Waals surface area contributed by atoms with E-state index in [-0.39, 0.29) is 0 Å². The fourth-order valence-corrected chi connectivity index (χ4v) is 4.52. The second-order valence-electron chi connectivity index (χ2n) is 2.39. The number of hydrogen-bond acceptors (Lipinski definition) is 1. The fourth-order valence-electron chi connectivity index (χ4n) is 0.796. The minimum atomic E-state index is -0.409. The quantitative estimate of drug-likeness (QED) is 0.533. The average molecular weight is 249 g/mol. The van der Waals surface area contributed by atoms with E-state index in [2.05, 4.69) is 20.8 Å². The van der Waals surface area contributed by atoms with Crippen molar-refractivity contribution in [1.29, 1.82) is 0 Å². The number of ether oxygens (including phenoxy) is 1. The van der Waals surface area contributed by atoms with Crippen LogP contribution in [0.2, 0.25) is 4.44 Å². The Kier molecular flexibility index (Phi) is 8.22. The molecule has 0 radical (unpaired) electrons. The summed E-state index contributed by atoms with van der Waals surface area (Å²) in [6.45, 7) is 7.33. The molecule has 0 fully saturated rings. The molecule has 0 rings (SSSR count). The first-order valence-electron chi connectivity index (χ1n) is 4.10. The van der Waals surface area contributed by atoms with Crippen molar-refractivity contribution >= 4 is 24.4 Å². The molecule has 0 aromatic rings. The Bertz CT molecular complexity index is 99.4. The monoisotopic (exact) mass is 250 g/mol. The Morgan fingerprint density at radius 3 is 2.60 bits per heavy atom. The second kappa shape index (κ2) is 7.73. The predicted molar refractivity (Wildman–Crippen MR) is 49.2 cm³/mol. The first kappa shape index (κ1) is 10.6. The Hall–Kier alpha value is 0.629. The van der Waals surface area contributed by atoms with Crippen molar-refractivity contribution in [1.82, 2.24) is 0 Å². The molecule has 60 valence electrons. The molecule has 0 aliphatic heterocycles. The maximum atomic E-state index is 5.39. The number of unbranched alkanes of at least 4 members (excludes halogenated alkanes) is 1. The predicted octanol–water partition coefficient (Wildman–Crippen LogP) is 1.83. The summed E-state index contributed by atoms with van der Waals surface area (Å²) in [6, 6.07) is 0. The van der Waals surface area contributed by atoms with Crippen LogP contribution in [0, 0.1) is 0 Å². The Morgan fingerprint density at radius 1 is 1.40 bits per heavy atom. The summed E-state index contributed by atoms with van der Waals surface area (Å²) in [7, 11) is 0. The van der Waals surface area contributed by atoms with Gasteiger partial charge in [0.1, 0.15) is 0 Å². The summed E-state index contributed by atoms with van der Waals surface area (Å²) in [6.07, 6.45) is 2.75. The molecular formula is C8H18OSn. The third-order valence-electron chi connectivity index (χ3n) is 1.36. The molecule has 0 unspecified atom stereocenters. The van der Waals surface area contributed by atoms with Gasteiger partial charge < -0.3 is 0 Å². The SMILES string of the molecule is CCC[CH2][SnH]=[C](C)OCC. The Balaban J connectivity index is 3.28. The first-order valence-corrected chi connectivity index (χ1v) is 8.08. The molecule has 0 aliphatic carbocycles. The summed E-state index contributed by atoms with van der Waals surface area (Å²) < 4.78 is 8.24. The van der Waals surface area contributed by atoms with Gasteiger partial charge in [-0.1, -0.05) is 0 Å². The zero-order valence-electron chi connectivity index (χ0n) is 7.31. The molecule has 0 spiro atoms. The van der Waals surface area contributed by atoms with Crippen molar-refractivity contribution < 1.29 is 4.74 Å². The van der Waals surface area contributed by atoms with Gasteiger partial charge in [-0.25, -0.2) is 0 Å². The second-order valence-corrected chi connectivity index (χ2v) is 7.52. The number of rotatable bonds is 5. The third kappa shape index (κ3) is 6.74. The van der Waals surface area contributed by atoms with Gasteiger partial charge in [0.15, 0.2) is 0 Å². The van der Waals surface area contributed by atoms with Crippen LogP contribution in [0.1, 0.15) is 33.6 Å². The van der Waals surface area contributed by atoms with E-state index in [1.807, 2.05) is 0 Å². The summed E-state index contributed by atoms with van der Waals surface area (Å²) >= 11 is -0.409. The zero-order valence-corrected chi connectivity index (χ0v) is 10.6. The summed E-state index contributed by atoms with van der Waals surface area (Å²) in [5, 5.41) is 0. The topological polar surface area (TPSA) is 9.23 Å². The zero-order chi connectivity index (χ0) is 7.82. The molecule has 0 aromatic heterocycles. The molecule has 0 saturated carbocycles. The van der Waals surface area contributed by atoms with E-state index in [1.165, 1.54) is 21.0 Å². The molecule has 0 heterocycles. The van der Waals surface area contributed by atoms with E-state index in [0.717, 1.165) is 6.61 Å². The Morgan fingerprint density at radius 2 is 2.10 bits per heavy atom. The van der Waals surface area contributed by atoms with Crippen LogP contribution in [0.4, 0.5) is 0 Å². The Labute approximate surface area is 73.9 Å². The van der Waals surface area contributed by atoms with Crippen LogP contribution < -0.4 is 0 Å². The summed E-state index contributed by atoms with van der Waals surface area (Å²) in [4.78, 5) is 0. The molecular weight excluding hydrogens is 231 g/mol. The molecule has 0 saturated heterocycles. The molecule has 0 N–H and O–H groups in total. The molecule has 2 heteroatoms. The van der Waals surface area contributed by atoms with Gasteiger partial charge in [-0.15, -0.1) is 0 Å². The molecule has 0 amide bonds. The van der Waals surface area contributed by atoms with E-state index in [1.54, 1.807) is 0 Å².